The van der Waals surface area contributed by atoms with Crippen LogP contribution in [0.1, 0.15) is 34.3 Å². The van der Waals surface area contributed by atoms with Gasteiger partial charge in [-0.05, 0) is 18.2 Å². The third-order valence-electron chi connectivity index (χ3n) is 3.36. The predicted octanol–water partition coefficient (Wildman–Crippen LogP) is 4.26. The summed E-state index contributed by atoms with van der Waals surface area (Å²) in [4.78, 5) is 12.5. The molecule has 24 heavy (non-hydrogen) atoms. The summed E-state index contributed by atoms with van der Waals surface area (Å²) >= 11 is 5.69. The maximum absolute atomic E-state index is 12.5. The first-order chi connectivity index (χ1) is 11.8. The summed E-state index contributed by atoms with van der Waals surface area (Å²) in [6.07, 6.45) is 3.91. The second-order valence-corrected chi connectivity index (χ2v) is 5.47. The van der Waals surface area contributed by atoms with Crippen molar-refractivity contribution in [2.75, 3.05) is 5.88 Å². The van der Waals surface area contributed by atoms with E-state index in [1.165, 1.54) is 0 Å². The van der Waals surface area contributed by atoms with E-state index in [2.05, 4.69) is 10.2 Å². The van der Waals surface area contributed by atoms with Crippen LogP contribution in [0.15, 0.2) is 57.6 Å². The van der Waals surface area contributed by atoms with Gasteiger partial charge in [0, 0.05) is 29.9 Å². The number of allylic oxidation sites excluding steroid dienone is 1. The first kappa shape index (κ1) is 16.2. The molecule has 3 rings (SSSR count). The zero-order chi connectivity index (χ0) is 16.8. The first-order valence-corrected chi connectivity index (χ1v) is 8.01. The average molecular weight is 343 g/mol. The number of nitrogens with zero attached hydrogens (tertiary/aromatic N) is 2. The quantitative estimate of drug-likeness (QED) is 0.474. The zero-order valence-corrected chi connectivity index (χ0v) is 13.6. The number of carbonyl (C=O) groups excluding carboxylic acids is 1. The fourth-order valence-corrected chi connectivity index (χ4v) is 2.36. The summed E-state index contributed by atoms with van der Waals surface area (Å²) in [5.41, 5.74) is 1.23. The van der Waals surface area contributed by atoms with Crippen LogP contribution in [0.4, 0.5) is 0 Å². The van der Waals surface area contributed by atoms with E-state index in [-0.39, 0.29) is 12.2 Å². The van der Waals surface area contributed by atoms with Gasteiger partial charge in [0.1, 0.15) is 5.76 Å². The normalized spacial score (nSPS) is 11.6. The van der Waals surface area contributed by atoms with Gasteiger partial charge < -0.3 is 8.83 Å². The van der Waals surface area contributed by atoms with Gasteiger partial charge in [0.15, 0.2) is 5.78 Å². The van der Waals surface area contributed by atoms with Crippen LogP contribution in [0.5, 0.6) is 0 Å². The van der Waals surface area contributed by atoms with Crippen LogP contribution < -0.4 is 0 Å². The second kappa shape index (κ2) is 7.75. The maximum atomic E-state index is 12.5. The van der Waals surface area contributed by atoms with Crippen molar-refractivity contribution in [2.45, 2.75) is 12.8 Å². The van der Waals surface area contributed by atoms with Crippen LogP contribution in [-0.4, -0.2) is 21.9 Å². The van der Waals surface area contributed by atoms with Crippen LogP contribution in [0, 0.1) is 0 Å². The number of halogens is 1. The van der Waals surface area contributed by atoms with E-state index in [4.69, 9.17) is 20.4 Å². The number of rotatable bonds is 7. The molecule has 122 valence electrons. The van der Waals surface area contributed by atoms with E-state index in [0.29, 0.717) is 41.0 Å². The highest BCUT2D eigenvalue weighted by atomic mass is 35.5. The molecule has 0 saturated heterocycles. The molecule has 0 unspecified atom stereocenters. The highest BCUT2D eigenvalue weighted by molar-refractivity contribution is 6.17. The number of aromatic nitrogens is 2. The number of furan rings is 1. The molecule has 1 aromatic carbocycles. The van der Waals surface area contributed by atoms with Gasteiger partial charge in [0.25, 0.3) is 0 Å². The molecule has 0 aliphatic carbocycles. The Bertz CT molecular complexity index is 823. The van der Waals surface area contributed by atoms with E-state index in [0.717, 1.165) is 0 Å². The molecule has 0 saturated carbocycles. The van der Waals surface area contributed by atoms with Crippen molar-refractivity contribution in [1.29, 1.82) is 0 Å². The van der Waals surface area contributed by atoms with Crippen molar-refractivity contribution in [3.05, 3.63) is 71.8 Å². The van der Waals surface area contributed by atoms with Crippen LogP contribution >= 0.6 is 11.6 Å². The molecule has 6 heteroatoms. The molecule has 0 aliphatic heterocycles. The zero-order valence-electron chi connectivity index (χ0n) is 12.8. The molecule has 0 amide bonds. The lowest BCUT2D eigenvalue weighted by molar-refractivity contribution is 0.0998. The number of hydrogen-bond acceptors (Lipinski definition) is 5. The Balaban J connectivity index is 1.89. The summed E-state index contributed by atoms with van der Waals surface area (Å²) in [6.45, 7) is 0. The van der Waals surface area contributed by atoms with Crippen molar-refractivity contribution >= 4 is 29.0 Å². The number of aryl methyl sites for hydroxylation is 1. The molecule has 0 spiro atoms. The van der Waals surface area contributed by atoms with Crippen molar-refractivity contribution in [2.24, 2.45) is 0 Å². The molecule has 0 fully saturated rings. The molecular formula is C18H15ClN2O3. The van der Waals surface area contributed by atoms with Crippen LogP contribution in [0.2, 0.25) is 0 Å². The number of hydrogen-bond donors (Lipinski definition) is 0. The Morgan fingerprint density at radius 2 is 1.96 bits per heavy atom. The summed E-state index contributed by atoms with van der Waals surface area (Å²) in [5, 5.41) is 7.98. The van der Waals surface area contributed by atoms with Gasteiger partial charge in [-0.25, -0.2) is 0 Å². The minimum absolute atomic E-state index is 0.0366. The fourth-order valence-electron chi connectivity index (χ4n) is 2.20. The molecule has 0 N–H and O–H groups in total. The van der Waals surface area contributed by atoms with Gasteiger partial charge in [0.05, 0.1) is 6.26 Å². The number of carbonyl (C=O) groups is 1. The van der Waals surface area contributed by atoms with Crippen LogP contribution in [-0.2, 0) is 6.42 Å². The minimum atomic E-state index is -0.0366. The van der Waals surface area contributed by atoms with Gasteiger partial charge >= 0.3 is 0 Å². The number of ketones is 1. The molecule has 0 bridgehead atoms. The third kappa shape index (κ3) is 4.00. The predicted molar refractivity (Wildman–Crippen MR) is 90.7 cm³/mol. The van der Waals surface area contributed by atoms with Gasteiger partial charge in [-0.1, -0.05) is 30.3 Å². The number of benzene rings is 1. The smallest absolute Gasteiger partial charge is 0.244 e. The average Bonchev–Trinajstić information content (AvgIpc) is 3.27. The van der Waals surface area contributed by atoms with E-state index in [1.54, 1.807) is 36.6 Å². The van der Waals surface area contributed by atoms with E-state index < -0.39 is 0 Å². The standard InChI is InChI=1S/C18H15ClN2O3/c19-9-8-17-20-21-18(24-17)14(11-15-7-4-10-23-15)12-16(22)13-5-2-1-3-6-13/h1-7,10-11H,8-9,12H2/b14-11+. The van der Waals surface area contributed by atoms with Crippen LogP contribution in [0.3, 0.4) is 0 Å². The van der Waals surface area contributed by atoms with Crippen molar-refractivity contribution in [3.63, 3.8) is 0 Å². The monoisotopic (exact) mass is 342 g/mol. The van der Waals surface area contributed by atoms with Gasteiger partial charge in [-0.15, -0.1) is 21.8 Å². The Hall–Kier alpha value is -2.66. The maximum Gasteiger partial charge on any atom is 0.244 e. The summed E-state index contributed by atoms with van der Waals surface area (Å²) in [6, 6.07) is 12.6. The molecule has 0 radical (unpaired) electrons. The lowest BCUT2D eigenvalue weighted by Gasteiger charge is -2.03. The number of Topliss-reactive ketones (excluding diaryl/α,β-unsaturated/α-hetero) is 1. The molecule has 5 nitrogen and oxygen atoms in total. The van der Waals surface area contributed by atoms with Crippen LogP contribution in [0.25, 0.3) is 11.6 Å². The lowest BCUT2D eigenvalue weighted by Crippen LogP contribution is -2.00. The summed E-state index contributed by atoms with van der Waals surface area (Å²) in [5.74, 6) is 1.71. The van der Waals surface area contributed by atoms with Gasteiger partial charge in [0.2, 0.25) is 11.8 Å². The van der Waals surface area contributed by atoms with Crippen molar-refractivity contribution in [1.82, 2.24) is 10.2 Å². The van der Waals surface area contributed by atoms with Gasteiger partial charge in [-0.3, -0.25) is 4.79 Å². The first-order valence-electron chi connectivity index (χ1n) is 7.47. The summed E-state index contributed by atoms with van der Waals surface area (Å²) in [7, 11) is 0. The van der Waals surface area contributed by atoms with Gasteiger partial charge in [-0.2, -0.15) is 0 Å². The Labute approximate surface area is 144 Å². The molecular weight excluding hydrogens is 328 g/mol. The highest BCUT2D eigenvalue weighted by Crippen LogP contribution is 2.23. The number of alkyl halides is 1. The molecule has 2 aromatic heterocycles. The third-order valence-corrected chi connectivity index (χ3v) is 3.55. The molecule has 0 aliphatic rings. The Morgan fingerprint density at radius 3 is 2.67 bits per heavy atom. The largest absolute Gasteiger partial charge is 0.465 e. The second-order valence-electron chi connectivity index (χ2n) is 5.09. The Kier molecular flexibility index (Phi) is 5.23. The van der Waals surface area contributed by atoms with E-state index in [1.807, 2.05) is 18.2 Å². The van der Waals surface area contributed by atoms with Crippen molar-refractivity contribution < 1.29 is 13.6 Å². The topological polar surface area (TPSA) is 69.1 Å². The SMILES string of the molecule is O=C(C/C(=C\c1ccco1)c1nnc(CCCl)o1)c1ccccc1. The Morgan fingerprint density at radius 1 is 1.12 bits per heavy atom. The molecule has 3 aromatic rings. The minimum Gasteiger partial charge on any atom is -0.465 e. The molecule has 0 atom stereocenters. The lowest BCUT2D eigenvalue weighted by atomic mass is 10.0. The molecule has 2 heterocycles. The highest BCUT2D eigenvalue weighted by Gasteiger charge is 2.17. The van der Waals surface area contributed by atoms with E-state index in [9.17, 15) is 4.79 Å². The van der Waals surface area contributed by atoms with Crippen molar-refractivity contribution in [3.8, 4) is 0 Å². The fraction of sp³-hybridized carbons (Fsp3) is 0.167. The van der Waals surface area contributed by atoms with E-state index >= 15 is 0 Å². The summed E-state index contributed by atoms with van der Waals surface area (Å²) < 4.78 is 10.9.